The van der Waals surface area contributed by atoms with E-state index in [2.05, 4.69) is 70.2 Å². The molecule has 6 rings (SSSR count). The van der Waals surface area contributed by atoms with Gasteiger partial charge in [0.05, 0.1) is 11.4 Å². The minimum atomic E-state index is 0.666. The summed E-state index contributed by atoms with van der Waals surface area (Å²) >= 11 is 0. The smallest absolute Gasteiger partial charge is 0.227 e. The van der Waals surface area contributed by atoms with Crippen LogP contribution in [0.15, 0.2) is 77.3 Å². The van der Waals surface area contributed by atoms with Gasteiger partial charge in [0.1, 0.15) is 6.67 Å². The third-order valence-electron chi connectivity index (χ3n) is 5.75. The van der Waals surface area contributed by atoms with Crippen LogP contribution in [-0.2, 0) is 0 Å². The van der Waals surface area contributed by atoms with Gasteiger partial charge < -0.3 is 14.2 Å². The molecule has 0 saturated carbocycles. The minimum absolute atomic E-state index is 0.666. The highest BCUT2D eigenvalue weighted by Crippen LogP contribution is 2.46. The van der Waals surface area contributed by atoms with Crippen LogP contribution in [0, 0.1) is 13.8 Å². The lowest BCUT2D eigenvalue weighted by atomic mass is 10.1. The number of fused-ring (bicyclic) bond motifs is 4. The predicted molar refractivity (Wildman–Crippen MR) is 121 cm³/mol. The lowest BCUT2D eigenvalue weighted by Gasteiger charge is -2.22. The normalized spacial score (nSPS) is 13.4. The van der Waals surface area contributed by atoms with Crippen molar-refractivity contribution in [2.45, 2.75) is 13.8 Å². The number of anilines is 4. The zero-order valence-corrected chi connectivity index (χ0v) is 16.8. The second-order valence-electron chi connectivity index (χ2n) is 7.69. The van der Waals surface area contributed by atoms with Crippen LogP contribution in [0.1, 0.15) is 11.3 Å². The van der Waals surface area contributed by atoms with Crippen LogP contribution in [0.4, 0.5) is 22.9 Å². The van der Waals surface area contributed by atoms with Gasteiger partial charge in [-0.2, -0.15) is 0 Å². The van der Waals surface area contributed by atoms with E-state index in [-0.39, 0.29) is 0 Å². The fraction of sp³-hybridized carbons (Fsp3) is 0.120. The van der Waals surface area contributed by atoms with Crippen molar-refractivity contribution in [3.8, 4) is 0 Å². The highest BCUT2D eigenvalue weighted by Gasteiger charge is 2.32. The van der Waals surface area contributed by atoms with Gasteiger partial charge in [-0.05, 0) is 55.8 Å². The fourth-order valence-corrected chi connectivity index (χ4v) is 4.33. The van der Waals surface area contributed by atoms with E-state index in [0.717, 1.165) is 50.5 Å². The summed E-state index contributed by atoms with van der Waals surface area (Å²) in [6.45, 7) is 4.77. The number of aromatic nitrogens is 2. The van der Waals surface area contributed by atoms with Crippen LogP contribution < -0.4 is 9.80 Å². The number of para-hydroxylation sites is 1. The highest BCUT2D eigenvalue weighted by atomic mass is 16.3. The van der Waals surface area contributed by atoms with Crippen molar-refractivity contribution in [2.75, 3.05) is 16.5 Å². The number of furan rings is 1. The first kappa shape index (κ1) is 17.0. The molecule has 0 amide bonds. The molecule has 0 spiro atoms. The van der Waals surface area contributed by atoms with E-state index in [4.69, 9.17) is 9.40 Å². The van der Waals surface area contributed by atoms with Crippen LogP contribution in [0.2, 0.25) is 0 Å². The molecular weight excluding hydrogens is 372 g/mol. The Kier molecular flexibility index (Phi) is 3.59. The molecule has 3 aromatic heterocycles. The molecular formula is C25H20N4O. The van der Waals surface area contributed by atoms with Crippen LogP contribution in [0.25, 0.3) is 22.1 Å². The van der Waals surface area contributed by atoms with Crippen molar-refractivity contribution in [1.82, 2.24) is 9.97 Å². The standard InChI is InChI=1S/C25H20N4O/c1-16-10-12-19-20-13-11-17(2)27-25(20)30-23(19)22(16)29-15-28(18-7-4-3-5-8-18)21-9-6-14-26-24(21)29/h3-14H,15H2,1-2H3. The second-order valence-corrected chi connectivity index (χ2v) is 7.69. The number of hydrogen-bond donors (Lipinski definition) is 0. The largest absolute Gasteiger partial charge is 0.435 e. The van der Waals surface area contributed by atoms with Gasteiger partial charge in [0.2, 0.25) is 5.71 Å². The summed E-state index contributed by atoms with van der Waals surface area (Å²) in [4.78, 5) is 13.9. The molecule has 0 radical (unpaired) electrons. The van der Waals surface area contributed by atoms with Crippen LogP contribution in [0.5, 0.6) is 0 Å². The van der Waals surface area contributed by atoms with E-state index < -0.39 is 0 Å². The molecule has 30 heavy (non-hydrogen) atoms. The minimum Gasteiger partial charge on any atom is -0.435 e. The maximum Gasteiger partial charge on any atom is 0.227 e. The van der Waals surface area contributed by atoms with Crippen LogP contribution >= 0.6 is 0 Å². The lowest BCUT2D eigenvalue weighted by Crippen LogP contribution is -2.24. The number of benzene rings is 2. The summed E-state index contributed by atoms with van der Waals surface area (Å²) in [5.41, 5.74) is 6.90. The SMILES string of the molecule is Cc1ccc2c(n1)oc1c(N3CN(c4ccccc4)c4cccnc43)c(C)ccc12. The monoisotopic (exact) mass is 392 g/mol. The maximum absolute atomic E-state index is 6.31. The molecule has 0 unspecified atom stereocenters. The number of pyridine rings is 2. The van der Waals surface area contributed by atoms with E-state index in [9.17, 15) is 0 Å². The Balaban J connectivity index is 1.59. The highest BCUT2D eigenvalue weighted by molar-refractivity contribution is 6.09. The van der Waals surface area contributed by atoms with Gasteiger partial charge in [0.15, 0.2) is 11.4 Å². The third kappa shape index (κ3) is 2.42. The Morgan fingerprint density at radius 2 is 1.67 bits per heavy atom. The zero-order chi connectivity index (χ0) is 20.2. The third-order valence-corrected chi connectivity index (χ3v) is 5.75. The van der Waals surface area contributed by atoms with Crippen LogP contribution in [-0.4, -0.2) is 16.6 Å². The second kappa shape index (κ2) is 6.32. The summed E-state index contributed by atoms with van der Waals surface area (Å²) in [6.07, 6.45) is 1.85. The molecule has 0 atom stereocenters. The summed E-state index contributed by atoms with van der Waals surface area (Å²) in [6, 6.07) is 22.9. The molecule has 4 heterocycles. The lowest BCUT2D eigenvalue weighted by molar-refractivity contribution is 0.651. The summed E-state index contributed by atoms with van der Waals surface area (Å²) in [5, 5.41) is 2.12. The topological polar surface area (TPSA) is 45.4 Å². The van der Waals surface area contributed by atoms with Gasteiger partial charge in [-0.25, -0.2) is 9.97 Å². The average molecular weight is 392 g/mol. The van der Waals surface area contributed by atoms with Gasteiger partial charge in [-0.3, -0.25) is 0 Å². The van der Waals surface area contributed by atoms with Crippen molar-refractivity contribution in [2.24, 2.45) is 0 Å². The van der Waals surface area contributed by atoms with Gasteiger partial charge in [0.25, 0.3) is 0 Å². The molecule has 146 valence electrons. The summed E-state index contributed by atoms with van der Waals surface area (Å²) < 4.78 is 6.31. The molecule has 0 saturated heterocycles. The number of aryl methyl sites for hydroxylation is 2. The van der Waals surface area contributed by atoms with Crippen molar-refractivity contribution in [1.29, 1.82) is 0 Å². The number of hydrogen-bond acceptors (Lipinski definition) is 5. The Morgan fingerprint density at radius 1 is 0.833 bits per heavy atom. The molecule has 5 nitrogen and oxygen atoms in total. The molecule has 5 heteroatoms. The van der Waals surface area contributed by atoms with Crippen molar-refractivity contribution in [3.63, 3.8) is 0 Å². The molecule has 1 aliphatic rings. The van der Waals surface area contributed by atoms with Gasteiger partial charge >= 0.3 is 0 Å². The molecule has 0 bridgehead atoms. The van der Waals surface area contributed by atoms with E-state index in [1.807, 2.05) is 31.3 Å². The Labute approximate surface area is 174 Å². The molecule has 2 aromatic carbocycles. The number of rotatable bonds is 2. The van der Waals surface area contributed by atoms with Crippen molar-refractivity contribution >= 4 is 44.9 Å². The fourth-order valence-electron chi connectivity index (χ4n) is 4.33. The first-order valence-electron chi connectivity index (χ1n) is 10.1. The Hall–Kier alpha value is -3.86. The summed E-state index contributed by atoms with van der Waals surface area (Å²) in [7, 11) is 0. The van der Waals surface area contributed by atoms with E-state index in [1.165, 1.54) is 0 Å². The van der Waals surface area contributed by atoms with E-state index >= 15 is 0 Å². The molecule has 0 aliphatic carbocycles. The van der Waals surface area contributed by atoms with E-state index in [0.29, 0.717) is 12.4 Å². The zero-order valence-electron chi connectivity index (χ0n) is 16.8. The maximum atomic E-state index is 6.31. The molecule has 0 fully saturated rings. The van der Waals surface area contributed by atoms with Gasteiger partial charge in [0, 0.05) is 28.4 Å². The molecule has 1 aliphatic heterocycles. The predicted octanol–water partition coefficient (Wildman–Crippen LogP) is 6.24. The quantitative estimate of drug-likeness (QED) is 0.356. The van der Waals surface area contributed by atoms with Gasteiger partial charge in [-0.1, -0.05) is 30.3 Å². The van der Waals surface area contributed by atoms with Crippen molar-refractivity contribution in [3.05, 3.63) is 84.2 Å². The van der Waals surface area contributed by atoms with Gasteiger partial charge in [-0.15, -0.1) is 0 Å². The summed E-state index contributed by atoms with van der Waals surface area (Å²) in [5.74, 6) is 0.932. The number of nitrogens with zero attached hydrogens (tertiary/aromatic N) is 4. The Morgan fingerprint density at radius 3 is 2.53 bits per heavy atom. The Bertz CT molecular complexity index is 1410. The average Bonchev–Trinajstić information content (AvgIpc) is 3.32. The first-order chi connectivity index (χ1) is 14.7. The van der Waals surface area contributed by atoms with Crippen molar-refractivity contribution < 1.29 is 4.42 Å². The molecule has 0 N–H and O–H groups in total. The molecule has 5 aromatic rings. The van der Waals surface area contributed by atoms with E-state index in [1.54, 1.807) is 0 Å². The first-order valence-corrected chi connectivity index (χ1v) is 10.1. The van der Waals surface area contributed by atoms with Crippen LogP contribution in [0.3, 0.4) is 0 Å².